The van der Waals surface area contributed by atoms with Gasteiger partial charge < -0.3 is 14.6 Å². The van der Waals surface area contributed by atoms with E-state index in [-0.39, 0.29) is 23.4 Å². The Morgan fingerprint density at radius 3 is 2.71 bits per heavy atom. The minimum atomic E-state index is -3.85. The van der Waals surface area contributed by atoms with Crippen LogP contribution in [0.15, 0.2) is 53.6 Å². The molecule has 10 nitrogen and oxygen atoms in total. The number of carboxylic acid groups (broad SMARTS) is 1. The Hall–Kier alpha value is -3.83. The van der Waals surface area contributed by atoms with Crippen LogP contribution in [0, 0.1) is 13.8 Å². The summed E-state index contributed by atoms with van der Waals surface area (Å²) < 4.78 is 31.8. The maximum atomic E-state index is 14.1. The van der Waals surface area contributed by atoms with Gasteiger partial charge in [-0.2, -0.15) is 9.40 Å². The Kier molecular flexibility index (Phi) is 7.05. The van der Waals surface area contributed by atoms with Gasteiger partial charge in [-0.25, -0.2) is 13.4 Å². The Labute approximate surface area is 246 Å². The van der Waals surface area contributed by atoms with Crippen LogP contribution in [-0.2, 0) is 28.4 Å². The lowest BCUT2D eigenvalue weighted by Gasteiger charge is -2.45. The number of anilines is 1. The molecule has 1 fully saturated rings. The number of rotatable bonds is 6. The van der Waals surface area contributed by atoms with Crippen LogP contribution in [0.5, 0.6) is 0 Å². The predicted octanol–water partition coefficient (Wildman–Crippen LogP) is 4.54. The summed E-state index contributed by atoms with van der Waals surface area (Å²) in [7, 11) is -1.97. The molecule has 6 rings (SSSR count). The van der Waals surface area contributed by atoms with Crippen molar-refractivity contribution in [3.8, 4) is 0 Å². The van der Waals surface area contributed by atoms with Crippen LogP contribution in [0.3, 0.4) is 0 Å². The second-order valence-corrected chi connectivity index (χ2v) is 13.8. The number of sulfonamides is 1. The number of aryl methyl sites for hydroxylation is 3. The number of hydrogen-bond acceptors (Lipinski definition) is 7. The Bertz CT molecular complexity index is 1800. The highest BCUT2D eigenvalue weighted by molar-refractivity contribution is 7.89. The zero-order valence-corrected chi connectivity index (χ0v) is 25.2. The highest BCUT2D eigenvalue weighted by atomic mass is 32.2. The first-order valence-electron chi connectivity index (χ1n) is 14.3. The molecule has 0 radical (unpaired) electrons. The fourth-order valence-corrected chi connectivity index (χ4v) is 8.34. The van der Waals surface area contributed by atoms with Gasteiger partial charge in [0, 0.05) is 49.9 Å². The number of aromatic nitrogens is 4. The van der Waals surface area contributed by atoms with Crippen LogP contribution in [0.25, 0.3) is 11.0 Å². The number of pyridine rings is 1. The van der Waals surface area contributed by atoms with Crippen molar-refractivity contribution in [2.75, 3.05) is 18.0 Å². The lowest BCUT2D eigenvalue weighted by atomic mass is 9.87. The first-order chi connectivity index (χ1) is 20.0. The summed E-state index contributed by atoms with van der Waals surface area (Å²) in [6.07, 6.45) is 4.45. The Morgan fingerprint density at radius 1 is 1.12 bits per heavy atom. The predicted molar refractivity (Wildman–Crippen MR) is 160 cm³/mol. The Morgan fingerprint density at radius 2 is 1.93 bits per heavy atom. The van der Waals surface area contributed by atoms with E-state index in [1.165, 1.54) is 0 Å². The molecule has 4 aromatic rings. The quantitative estimate of drug-likeness (QED) is 0.349. The van der Waals surface area contributed by atoms with Gasteiger partial charge in [0.05, 0.1) is 17.7 Å². The van der Waals surface area contributed by atoms with E-state index in [1.807, 2.05) is 55.8 Å². The van der Waals surface area contributed by atoms with Gasteiger partial charge in [0.25, 0.3) is 0 Å². The summed E-state index contributed by atoms with van der Waals surface area (Å²) in [5.41, 5.74) is 4.51. The van der Waals surface area contributed by atoms with Crippen LogP contribution in [-0.4, -0.2) is 62.2 Å². The van der Waals surface area contributed by atoms with Crippen molar-refractivity contribution >= 4 is 32.8 Å². The molecule has 0 amide bonds. The lowest BCUT2D eigenvalue weighted by Crippen LogP contribution is -2.55. The van der Waals surface area contributed by atoms with Crippen molar-refractivity contribution in [1.29, 1.82) is 0 Å². The molecule has 0 unspecified atom stereocenters. The van der Waals surface area contributed by atoms with Crippen molar-refractivity contribution in [1.82, 2.24) is 24.1 Å². The minimum Gasteiger partial charge on any atom is -0.481 e. The summed E-state index contributed by atoms with van der Waals surface area (Å²) >= 11 is 0. The molecule has 1 aromatic carbocycles. The molecule has 2 atom stereocenters. The Balaban J connectivity index is 1.42. The van der Waals surface area contributed by atoms with Crippen molar-refractivity contribution in [2.45, 2.75) is 69.4 Å². The third kappa shape index (κ3) is 4.84. The van der Waals surface area contributed by atoms with E-state index in [0.29, 0.717) is 18.0 Å². The van der Waals surface area contributed by atoms with E-state index in [4.69, 9.17) is 0 Å². The molecule has 3 aromatic heterocycles. The van der Waals surface area contributed by atoms with Crippen molar-refractivity contribution in [2.24, 2.45) is 7.05 Å². The van der Waals surface area contributed by atoms with E-state index in [0.717, 1.165) is 59.3 Å². The molecule has 1 saturated heterocycles. The number of piperidine rings is 1. The van der Waals surface area contributed by atoms with Gasteiger partial charge in [0.2, 0.25) is 10.0 Å². The summed E-state index contributed by atoms with van der Waals surface area (Å²) in [6, 6.07) is 13.1. The first-order valence-corrected chi connectivity index (χ1v) is 15.8. The van der Waals surface area contributed by atoms with Crippen molar-refractivity contribution < 1.29 is 18.3 Å². The van der Waals surface area contributed by atoms with E-state index in [1.54, 1.807) is 22.6 Å². The van der Waals surface area contributed by atoms with Crippen LogP contribution in [0.2, 0.25) is 0 Å². The second-order valence-electron chi connectivity index (χ2n) is 11.9. The number of aliphatic carboxylic acids is 1. The molecule has 0 spiro atoms. The molecule has 0 bridgehead atoms. The highest BCUT2D eigenvalue weighted by Gasteiger charge is 2.45. The summed E-state index contributed by atoms with van der Waals surface area (Å²) in [5.74, 6) is -0.846. The largest absolute Gasteiger partial charge is 0.481 e. The van der Waals surface area contributed by atoms with Gasteiger partial charge in [0.15, 0.2) is 5.65 Å². The summed E-state index contributed by atoms with van der Waals surface area (Å²) in [5, 5.41) is 19.3. The van der Waals surface area contributed by atoms with Crippen molar-refractivity contribution in [3.05, 3.63) is 76.7 Å². The van der Waals surface area contributed by atoms with Crippen LogP contribution in [0.1, 0.15) is 66.6 Å². The fourth-order valence-electron chi connectivity index (χ4n) is 6.66. The number of benzene rings is 1. The van der Waals surface area contributed by atoms with Gasteiger partial charge in [-0.15, -0.1) is 5.10 Å². The molecule has 5 heterocycles. The maximum absolute atomic E-state index is 14.1. The molecule has 2 aliphatic heterocycles. The maximum Gasteiger partial charge on any atom is 0.304 e. The van der Waals surface area contributed by atoms with Gasteiger partial charge in [0.1, 0.15) is 10.7 Å². The number of carboxylic acids is 1. The van der Waals surface area contributed by atoms with Gasteiger partial charge in [-0.1, -0.05) is 18.2 Å². The number of carbonyl (C=O) groups is 1. The van der Waals surface area contributed by atoms with Gasteiger partial charge in [-0.05, 0) is 81.0 Å². The van der Waals surface area contributed by atoms with E-state index >= 15 is 0 Å². The monoisotopic (exact) mass is 588 g/mol. The highest BCUT2D eigenvalue weighted by Crippen LogP contribution is 2.41. The average molecular weight is 589 g/mol. The topological polar surface area (TPSA) is 122 Å². The molecular formula is C31H36N6O4S. The van der Waals surface area contributed by atoms with Crippen molar-refractivity contribution in [3.63, 3.8) is 0 Å². The zero-order chi connectivity index (χ0) is 29.8. The van der Waals surface area contributed by atoms with E-state index in [2.05, 4.69) is 27.0 Å². The number of nitrogens with zero attached hydrogens (tertiary/aromatic N) is 6. The van der Waals surface area contributed by atoms with E-state index in [9.17, 15) is 18.3 Å². The molecule has 2 aliphatic rings. The van der Waals surface area contributed by atoms with E-state index < -0.39 is 21.9 Å². The standard InChI is InChI=1S/C31H36N6O4S/c1-20-9-10-22(25(17-28(38)39)26-16-23-14-21(2)33-34-29(23)35(26)4)15-24(20)18-36-19-31(3)11-5-6-13-37(31)30-27(42(36,40)41)8-7-12-32-30/h7-10,12,14-16,25H,5-6,11,13,17-19H2,1-4H3,(H,38,39)/t25-,31+/m0/s1. The minimum absolute atomic E-state index is 0.118. The molecule has 42 heavy (non-hydrogen) atoms. The molecular weight excluding hydrogens is 552 g/mol. The molecule has 0 aliphatic carbocycles. The average Bonchev–Trinajstić information content (AvgIpc) is 3.24. The zero-order valence-electron chi connectivity index (χ0n) is 24.4. The molecule has 220 valence electrons. The summed E-state index contributed by atoms with van der Waals surface area (Å²) in [6.45, 7) is 7.27. The molecule has 1 N–H and O–H groups in total. The fraction of sp³-hybridized carbons (Fsp3) is 0.419. The molecule has 0 saturated carbocycles. The van der Waals surface area contributed by atoms with Crippen LogP contribution in [0.4, 0.5) is 5.82 Å². The normalized spacial score (nSPS) is 21.0. The van der Waals surface area contributed by atoms with Gasteiger partial charge >= 0.3 is 5.97 Å². The third-order valence-electron chi connectivity index (χ3n) is 8.93. The second kappa shape index (κ2) is 10.5. The summed E-state index contributed by atoms with van der Waals surface area (Å²) in [4.78, 5) is 19.0. The van der Waals surface area contributed by atoms with Crippen LogP contribution >= 0.6 is 0 Å². The smallest absolute Gasteiger partial charge is 0.304 e. The number of hydrogen-bond donors (Lipinski definition) is 1. The van der Waals surface area contributed by atoms with Gasteiger partial charge in [-0.3, -0.25) is 4.79 Å². The SMILES string of the molecule is Cc1cc2cc([C@@H](CC(=O)O)c3ccc(C)c(CN4C[C@@]5(C)CCCCN5c5ncccc5S4(=O)=O)c3)n(C)c2nn1. The first kappa shape index (κ1) is 28.3. The van der Waals surface area contributed by atoms with Crippen LogP contribution < -0.4 is 4.90 Å². The lowest BCUT2D eigenvalue weighted by molar-refractivity contribution is -0.137. The number of fused-ring (bicyclic) bond motifs is 4. The third-order valence-corrected chi connectivity index (χ3v) is 10.7. The molecule has 11 heteroatoms.